The topological polar surface area (TPSA) is 70.2 Å². The minimum absolute atomic E-state index is 0.317. The summed E-state index contributed by atoms with van der Waals surface area (Å²) in [5.74, 6) is -0.393. The number of amides is 1. The van der Waals surface area contributed by atoms with Gasteiger partial charge in [-0.15, -0.1) is 0 Å². The first kappa shape index (κ1) is 15.3. The lowest BCUT2D eigenvalue weighted by molar-refractivity contribution is 0.102. The molecule has 0 saturated carbocycles. The van der Waals surface area contributed by atoms with Crippen molar-refractivity contribution >= 4 is 40.4 Å². The summed E-state index contributed by atoms with van der Waals surface area (Å²) in [7, 11) is 0. The summed E-state index contributed by atoms with van der Waals surface area (Å²) in [6.45, 7) is 1.71. The highest BCUT2D eigenvalue weighted by Gasteiger charge is 2.19. The zero-order chi connectivity index (χ0) is 16.6. The number of carbonyl (C=O) groups is 1. The van der Waals surface area contributed by atoms with Gasteiger partial charge in [0.2, 0.25) is 0 Å². The largest absolute Gasteiger partial charge is 0.319 e. The summed E-state index contributed by atoms with van der Waals surface area (Å²) < 4.78 is 1.55. The third-order valence-corrected chi connectivity index (χ3v) is 3.81. The molecule has 0 atom stereocenters. The van der Waals surface area contributed by atoms with Gasteiger partial charge in [-0.25, -0.2) is 4.98 Å². The van der Waals surface area contributed by atoms with Crippen LogP contribution in [0.1, 0.15) is 21.7 Å². The normalized spacial score (nSPS) is 10.5. The van der Waals surface area contributed by atoms with E-state index in [9.17, 15) is 4.79 Å². The molecule has 0 aliphatic rings. The molecule has 2 heterocycles. The van der Waals surface area contributed by atoms with E-state index in [1.807, 2.05) is 6.07 Å². The van der Waals surface area contributed by atoms with Crippen molar-refractivity contribution < 1.29 is 4.79 Å². The molecule has 0 radical (unpaired) electrons. The van der Waals surface area contributed by atoms with Crippen molar-refractivity contribution in [1.82, 2.24) is 9.38 Å². The lowest BCUT2D eigenvalue weighted by atomic mass is 10.2. The first-order valence-electron chi connectivity index (χ1n) is 6.65. The highest BCUT2D eigenvalue weighted by Crippen LogP contribution is 2.25. The quantitative estimate of drug-likeness (QED) is 0.761. The third kappa shape index (κ3) is 2.74. The molecular weight excluding hydrogens is 335 g/mol. The Kier molecular flexibility index (Phi) is 3.95. The summed E-state index contributed by atoms with van der Waals surface area (Å²) in [5, 5.41) is 12.6. The first-order chi connectivity index (χ1) is 11.0. The van der Waals surface area contributed by atoms with E-state index in [2.05, 4.69) is 10.3 Å². The van der Waals surface area contributed by atoms with Crippen LogP contribution in [0.5, 0.6) is 0 Å². The molecule has 0 unspecified atom stereocenters. The lowest BCUT2D eigenvalue weighted by Gasteiger charge is -2.08. The minimum Gasteiger partial charge on any atom is -0.319 e. The van der Waals surface area contributed by atoms with E-state index < -0.39 is 5.91 Å². The Labute approximate surface area is 142 Å². The fourth-order valence-corrected chi connectivity index (χ4v) is 2.84. The maximum atomic E-state index is 12.6. The number of imidazole rings is 1. The maximum Gasteiger partial charge on any atom is 0.274 e. The highest BCUT2D eigenvalue weighted by atomic mass is 35.5. The van der Waals surface area contributed by atoms with Gasteiger partial charge in [-0.1, -0.05) is 35.3 Å². The van der Waals surface area contributed by atoms with Crippen LogP contribution in [0.25, 0.3) is 5.65 Å². The number of benzene rings is 1. The van der Waals surface area contributed by atoms with Crippen molar-refractivity contribution in [2.75, 3.05) is 5.32 Å². The number of nitriles is 1. The molecule has 0 aliphatic carbocycles. The number of para-hydroxylation sites is 1. The van der Waals surface area contributed by atoms with E-state index in [4.69, 9.17) is 28.5 Å². The minimum atomic E-state index is -0.393. The Morgan fingerprint density at radius 3 is 2.83 bits per heavy atom. The zero-order valence-electron chi connectivity index (χ0n) is 12.0. The molecule has 0 aliphatic heterocycles. The van der Waals surface area contributed by atoms with Crippen LogP contribution in [0.2, 0.25) is 10.0 Å². The van der Waals surface area contributed by atoms with Crippen LogP contribution in [0.3, 0.4) is 0 Å². The Morgan fingerprint density at radius 1 is 1.35 bits per heavy atom. The molecular formula is C16H10Cl2N4O. The van der Waals surface area contributed by atoms with E-state index in [1.54, 1.807) is 47.9 Å². The molecule has 1 aromatic carbocycles. The van der Waals surface area contributed by atoms with Crippen LogP contribution in [-0.4, -0.2) is 15.3 Å². The summed E-state index contributed by atoms with van der Waals surface area (Å²) in [4.78, 5) is 16.9. The lowest BCUT2D eigenvalue weighted by Crippen LogP contribution is -2.16. The molecule has 2 aromatic heterocycles. The zero-order valence-corrected chi connectivity index (χ0v) is 13.5. The van der Waals surface area contributed by atoms with Crippen LogP contribution in [0.15, 0.2) is 36.5 Å². The van der Waals surface area contributed by atoms with Crippen LogP contribution in [0, 0.1) is 18.3 Å². The highest BCUT2D eigenvalue weighted by molar-refractivity contribution is 6.36. The number of fused-ring (bicyclic) bond motifs is 1. The Bertz CT molecular complexity index is 972. The van der Waals surface area contributed by atoms with Crippen LogP contribution in [0.4, 0.5) is 5.69 Å². The Balaban J connectivity index is 2.08. The van der Waals surface area contributed by atoms with E-state index in [-0.39, 0.29) is 0 Å². The molecule has 0 bridgehead atoms. The fourth-order valence-electron chi connectivity index (χ4n) is 2.33. The van der Waals surface area contributed by atoms with Crippen LogP contribution >= 0.6 is 23.2 Å². The van der Waals surface area contributed by atoms with E-state index in [1.165, 1.54) is 0 Å². The Morgan fingerprint density at radius 2 is 2.09 bits per heavy atom. The van der Waals surface area contributed by atoms with Gasteiger partial charge in [0.15, 0.2) is 5.65 Å². The van der Waals surface area contributed by atoms with Gasteiger partial charge < -0.3 is 5.32 Å². The number of nitrogens with one attached hydrogen (secondary N) is 1. The summed E-state index contributed by atoms with van der Waals surface area (Å²) >= 11 is 12.1. The number of hydrogen-bond donors (Lipinski definition) is 1. The molecule has 1 N–H and O–H groups in total. The maximum absolute atomic E-state index is 12.6. The van der Waals surface area contributed by atoms with Gasteiger partial charge >= 0.3 is 0 Å². The van der Waals surface area contributed by atoms with Crippen LogP contribution in [-0.2, 0) is 0 Å². The van der Waals surface area contributed by atoms with Crippen molar-refractivity contribution in [2.24, 2.45) is 0 Å². The van der Waals surface area contributed by atoms with Gasteiger partial charge in [-0.2, -0.15) is 5.26 Å². The van der Waals surface area contributed by atoms with Gasteiger partial charge in [0.25, 0.3) is 5.91 Å². The number of hydrogen-bond acceptors (Lipinski definition) is 3. The Hall–Kier alpha value is -2.55. The number of anilines is 1. The molecule has 1 amide bonds. The van der Waals surface area contributed by atoms with E-state index in [0.29, 0.717) is 38.3 Å². The molecule has 0 spiro atoms. The molecule has 23 heavy (non-hydrogen) atoms. The summed E-state index contributed by atoms with van der Waals surface area (Å²) in [6.07, 6.45) is 1.58. The van der Waals surface area contributed by atoms with Gasteiger partial charge in [0, 0.05) is 6.20 Å². The standard InChI is InChI=1S/C16H10Cl2N4O/c1-9-14(22-8-11(17)6-12(18)15(22)20-9)16(23)21-13-5-3-2-4-10(13)7-19/h2-6,8H,1H3,(H,21,23). The average molecular weight is 345 g/mol. The summed E-state index contributed by atoms with van der Waals surface area (Å²) in [5.41, 5.74) is 2.09. The molecule has 3 rings (SSSR count). The summed E-state index contributed by atoms with van der Waals surface area (Å²) in [6, 6.07) is 10.4. The second-order valence-electron chi connectivity index (χ2n) is 4.86. The number of aryl methyl sites for hydroxylation is 1. The molecule has 0 fully saturated rings. The third-order valence-electron chi connectivity index (χ3n) is 3.33. The van der Waals surface area contributed by atoms with Crippen molar-refractivity contribution in [3.05, 3.63) is 63.5 Å². The number of halogens is 2. The second-order valence-corrected chi connectivity index (χ2v) is 5.70. The van der Waals surface area contributed by atoms with Gasteiger partial charge in [-0.05, 0) is 25.1 Å². The molecule has 0 saturated heterocycles. The first-order valence-corrected chi connectivity index (χ1v) is 7.41. The molecule has 7 heteroatoms. The predicted octanol–water partition coefficient (Wildman–Crippen LogP) is 4.07. The monoisotopic (exact) mass is 344 g/mol. The van der Waals surface area contributed by atoms with Crippen molar-refractivity contribution in [2.45, 2.75) is 6.92 Å². The van der Waals surface area contributed by atoms with Gasteiger partial charge in [0.1, 0.15) is 11.8 Å². The molecule has 3 aromatic rings. The molecule has 5 nitrogen and oxygen atoms in total. The smallest absolute Gasteiger partial charge is 0.274 e. The van der Waals surface area contributed by atoms with E-state index >= 15 is 0 Å². The van der Waals surface area contributed by atoms with Gasteiger partial charge in [-0.3, -0.25) is 9.20 Å². The van der Waals surface area contributed by atoms with E-state index in [0.717, 1.165) is 0 Å². The SMILES string of the molecule is Cc1nc2c(Cl)cc(Cl)cn2c1C(=O)Nc1ccccc1C#N. The average Bonchev–Trinajstić information content (AvgIpc) is 2.84. The van der Waals surface area contributed by atoms with Crippen molar-refractivity contribution in [1.29, 1.82) is 5.26 Å². The molecule has 114 valence electrons. The number of aromatic nitrogens is 2. The predicted molar refractivity (Wildman–Crippen MR) is 89.1 cm³/mol. The van der Waals surface area contributed by atoms with Crippen molar-refractivity contribution in [3.63, 3.8) is 0 Å². The van der Waals surface area contributed by atoms with Gasteiger partial charge in [0.05, 0.1) is 27.0 Å². The fraction of sp³-hybridized carbons (Fsp3) is 0.0625. The second kappa shape index (κ2) is 5.92. The van der Waals surface area contributed by atoms with Crippen molar-refractivity contribution in [3.8, 4) is 6.07 Å². The van der Waals surface area contributed by atoms with Crippen LogP contribution < -0.4 is 5.32 Å². The number of rotatable bonds is 2. The number of carbonyl (C=O) groups excluding carboxylic acids is 1. The number of pyridine rings is 1. The number of nitrogens with zero attached hydrogens (tertiary/aromatic N) is 3.